The van der Waals surface area contributed by atoms with Crippen LogP contribution in [0.3, 0.4) is 0 Å². The second-order valence-corrected chi connectivity index (χ2v) is 13.0. The zero-order valence-electron chi connectivity index (χ0n) is 26.4. The molecule has 2 aliphatic heterocycles. The first-order valence-corrected chi connectivity index (χ1v) is 15.7. The van der Waals surface area contributed by atoms with Crippen LogP contribution in [0.1, 0.15) is 70.1 Å². The van der Waals surface area contributed by atoms with Crippen molar-refractivity contribution < 1.29 is 29.0 Å². The van der Waals surface area contributed by atoms with Gasteiger partial charge in [-0.15, -0.1) is 0 Å². The summed E-state index contributed by atoms with van der Waals surface area (Å²) in [6, 6.07) is 14.4. The van der Waals surface area contributed by atoms with Gasteiger partial charge in [0, 0.05) is 33.1 Å². The van der Waals surface area contributed by atoms with E-state index < -0.39 is 5.60 Å². The molecule has 2 aromatic carbocycles. The van der Waals surface area contributed by atoms with Crippen molar-refractivity contribution in [3.05, 3.63) is 65.2 Å². The van der Waals surface area contributed by atoms with Crippen LogP contribution in [-0.2, 0) is 37.0 Å². The molecule has 0 spiro atoms. The molecule has 2 heterocycles. The average molecular weight is 604 g/mol. The second-order valence-electron chi connectivity index (χ2n) is 13.0. The normalized spacial score (nSPS) is 18.5. The molecule has 236 valence electrons. The molecule has 1 atom stereocenters. The standard InChI is InChI=1S/C35H45N3O6/c1-24(40)38-30-12-11-27(25-13-16-36(17-14-25)33(41)23-43-18-15-34(42)44-35(2,3)4)19-31(30)37(21-32(38)26-9-10-26)20-28-7-5-6-8-29(28)22-39/h5-8,11-13,19,26,32,39H,9-10,14-18,20-23H2,1-4H3/t32-/m1/s1. The van der Waals surface area contributed by atoms with Crippen LogP contribution in [0.15, 0.2) is 48.5 Å². The molecule has 2 aromatic rings. The summed E-state index contributed by atoms with van der Waals surface area (Å²) in [5.74, 6) is 0.122. The molecule has 1 fully saturated rings. The van der Waals surface area contributed by atoms with Crippen molar-refractivity contribution in [1.29, 1.82) is 0 Å². The first-order valence-electron chi connectivity index (χ1n) is 15.7. The molecule has 9 nitrogen and oxygen atoms in total. The van der Waals surface area contributed by atoms with Crippen LogP contribution in [0.25, 0.3) is 5.57 Å². The predicted molar refractivity (Wildman–Crippen MR) is 170 cm³/mol. The Morgan fingerprint density at radius 2 is 1.77 bits per heavy atom. The van der Waals surface area contributed by atoms with Gasteiger partial charge in [-0.3, -0.25) is 14.4 Å². The summed E-state index contributed by atoms with van der Waals surface area (Å²) >= 11 is 0. The van der Waals surface area contributed by atoms with E-state index in [4.69, 9.17) is 9.47 Å². The Hall–Kier alpha value is -3.69. The summed E-state index contributed by atoms with van der Waals surface area (Å²) in [5, 5.41) is 9.97. The molecular formula is C35H45N3O6. The fraction of sp³-hybridized carbons (Fsp3) is 0.514. The third-order valence-corrected chi connectivity index (χ3v) is 8.50. The predicted octanol–water partition coefficient (Wildman–Crippen LogP) is 4.69. The Balaban J connectivity index is 1.28. The number of ether oxygens (including phenoxy) is 2. The molecule has 0 radical (unpaired) electrons. The maximum atomic E-state index is 12.9. The van der Waals surface area contributed by atoms with E-state index in [1.807, 2.05) is 43.9 Å². The first kappa shape index (κ1) is 31.7. The van der Waals surface area contributed by atoms with E-state index in [0.29, 0.717) is 32.0 Å². The van der Waals surface area contributed by atoms with Crippen LogP contribution in [0.4, 0.5) is 11.4 Å². The molecule has 5 rings (SSSR count). The van der Waals surface area contributed by atoms with Gasteiger partial charge >= 0.3 is 5.97 Å². The van der Waals surface area contributed by atoms with Crippen LogP contribution in [-0.4, -0.2) is 72.3 Å². The van der Waals surface area contributed by atoms with Crippen LogP contribution < -0.4 is 9.80 Å². The number of aliphatic hydroxyl groups is 1. The number of carbonyl (C=O) groups excluding carboxylic acids is 3. The quantitative estimate of drug-likeness (QED) is 0.311. The number of rotatable bonds is 10. The molecule has 3 aliphatic rings. The van der Waals surface area contributed by atoms with Gasteiger partial charge in [0.2, 0.25) is 11.8 Å². The summed E-state index contributed by atoms with van der Waals surface area (Å²) in [7, 11) is 0. The van der Waals surface area contributed by atoms with Crippen molar-refractivity contribution in [3.63, 3.8) is 0 Å². The van der Waals surface area contributed by atoms with E-state index in [0.717, 1.165) is 53.0 Å². The summed E-state index contributed by atoms with van der Waals surface area (Å²) in [6.07, 6.45) is 5.18. The lowest BCUT2D eigenvalue weighted by atomic mass is 9.95. The van der Waals surface area contributed by atoms with Crippen molar-refractivity contribution >= 4 is 34.7 Å². The SMILES string of the molecule is CC(=O)N1c2ccc(C3=CCN(C(=O)COCCC(=O)OC(C)(C)C)CC3)cc2N(Cc2ccccc2CO)C[C@@H]1C1CC1. The molecular weight excluding hydrogens is 558 g/mol. The Morgan fingerprint density at radius 1 is 1.02 bits per heavy atom. The maximum Gasteiger partial charge on any atom is 0.308 e. The van der Waals surface area contributed by atoms with Crippen molar-refractivity contribution in [1.82, 2.24) is 4.90 Å². The zero-order valence-corrected chi connectivity index (χ0v) is 26.4. The van der Waals surface area contributed by atoms with E-state index in [1.165, 1.54) is 0 Å². The van der Waals surface area contributed by atoms with Crippen molar-refractivity contribution in [2.24, 2.45) is 5.92 Å². The number of hydrogen-bond donors (Lipinski definition) is 1. The highest BCUT2D eigenvalue weighted by Gasteiger charge is 2.42. The minimum absolute atomic E-state index is 0.0145. The minimum atomic E-state index is -0.543. The molecule has 0 saturated heterocycles. The molecule has 2 amide bonds. The van der Waals surface area contributed by atoms with Crippen LogP contribution in [0, 0.1) is 5.92 Å². The number of amides is 2. The molecule has 0 bridgehead atoms. The van der Waals surface area contributed by atoms with E-state index in [2.05, 4.69) is 35.2 Å². The van der Waals surface area contributed by atoms with E-state index >= 15 is 0 Å². The van der Waals surface area contributed by atoms with Gasteiger partial charge in [-0.25, -0.2) is 0 Å². The number of benzene rings is 2. The number of aliphatic hydroxyl groups excluding tert-OH is 1. The Bertz CT molecular complexity index is 1410. The fourth-order valence-electron chi connectivity index (χ4n) is 6.19. The van der Waals surface area contributed by atoms with E-state index in [1.54, 1.807) is 11.8 Å². The largest absolute Gasteiger partial charge is 0.460 e. The summed E-state index contributed by atoms with van der Waals surface area (Å²) in [4.78, 5) is 43.7. The lowest BCUT2D eigenvalue weighted by molar-refractivity contribution is -0.156. The smallest absolute Gasteiger partial charge is 0.308 e. The summed E-state index contributed by atoms with van der Waals surface area (Å²) < 4.78 is 10.8. The van der Waals surface area contributed by atoms with Gasteiger partial charge in [-0.2, -0.15) is 0 Å². The number of nitrogens with zero attached hydrogens (tertiary/aromatic N) is 3. The molecule has 1 saturated carbocycles. The van der Waals surface area contributed by atoms with Crippen molar-refractivity contribution in [3.8, 4) is 0 Å². The lowest BCUT2D eigenvalue weighted by Crippen LogP contribution is -2.52. The van der Waals surface area contributed by atoms with Crippen LogP contribution in [0.5, 0.6) is 0 Å². The molecule has 0 aromatic heterocycles. The zero-order chi connectivity index (χ0) is 31.4. The second kappa shape index (κ2) is 13.5. The Labute approximate surface area is 260 Å². The number of esters is 1. The molecule has 0 unspecified atom stereocenters. The first-order chi connectivity index (χ1) is 21.0. The third-order valence-electron chi connectivity index (χ3n) is 8.50. The minimum Gasteiger partial charge on any atom is -0.460 e. The number of anilines is 2. The monoisotopic (exact) mass is 603 g/mol. The topological polar surface area (TPSA) is 99.6 Å². The molecule has 44 heavy (non-hydrogen) atoms. The Morgan fingerprint density at radius 3 is 2.41 bits per heavy atom. The van der Waals surface area contributed by atoms with Crippen molar-refractivity contribution in [2.75, 3.05) is 42.6 Å². The number of fused-ring (bicyclic) bond motifs is 1. The number of hydrogen-bond acceptors (Lipinski definition) is 7. The third kappa shape index (κ3) is 7.68. The molecule has 9 heteroatoms. The van der Waals surface area contributed by atoms with Crippen LogP contribution >= 0.6 is 0 Å². The highest BCUT2D eigenvalue weighted by molar-refractivity contribution is 5.98. The number of carbonyl (C=O) groups is 3. The van der Waals surface area contributed by atoms with Crippen molar-refractivity contribution in [2.45, 2.75) is 78.2 Å². The van der Waals surface area contributed by atoms with Gasteiger partial charge < -0.3 is 29.3 Å². The van der Waals surface area contributed by atoms with Gasteiger partial charge in [0.1, 0.15) is 12.2 Å². The highest BCUT2D eigenvalue weighted by atomic mass is 16.6. The summed E-state index contributed by atoms with van der Waals surface area (Å²) in [5.41, 5.74) is 5.64. The van der Waals surface area contributed by atoms with E-state index in [-0.39, 0.29) is 50.1 Å². The lowest BCUT2D eigenvalue weighted by Gasteiger charge is -2.44. The molecule has 1 N–H and O–H groups in total. The fourth-order valence-corrected chi connectivity index (χ4v) is 6.19. The average Bonchev–Trinajstić information content (AvgIpc) is 3.84. The molecule has 1 aliphatic carbocycles. The van der Waals surface area contributed by atoms with Crippen LogP contribution in [0.2, 0.25) is 0 Å². The Kier molecular flexibility index (Phi) is 9.75. The van der Waals surface area contributed by atoms with Gasteiger partial charge in [-0.1, -0.05) is 36.4 Å². The van der Waals surface area contributed by atoms with E-state index in [9.17, 15) is 19.5 Å². The van der Waals surface area contributed by atoms with Gasteiger partial charge in [0.05, 0.1) is 37.1 Å². The van der Waals surface area contributed by atoms with Gasteiger partial charge in [0.15, 0.2) is 0 Å². The van der Waals surface area contributed by atoms with Gasteiger partial charge in [0.25, 0.3) is 0 Å². The summed E-state index contributed by atoms with van der Waals surface area (Å²) in [6.45, 7) is 9.62. The maximum absolute atomic E-state index is 12.9. The highest BCUT2D eigenvalue weighted by Crippen LogP contribution is 2.45. The van der Waals surface area contributed by atoms with Gasteiger partial charge in [-0.05, 0) is 80.3 Å².